The van der Waals surface area contributed by atoms with Crippen molar-refractivity contribution in [3.05, 3.63) is 76.1 Å². The Morgan fingerprint density at radius 2 is 1.96 bits per heavy atom. The number of carbonyl (C=O) groups is 2. The van der Waals surface area contributed by atoms with Crippen LogP contribution in [-0.2, 0) is 4.79 Å². The number of H-pyrrole nitrogens is 1. The summed E-state index contributed by atoms with van der Waals surface area (Å²) >= 11 is 0. The standard InChI is InChI=1S/C19H15FN4O3/c20-12-5-3-4-11(10-12)16-17(25)21-8-9-24(16)18(26)15-13-6-1-2-7-14(13)22-19(27)23-15/h1-7,10,16H,8-9H2,(H,21,25)(H,22,23,27)/t16-/m0/s1. The Hall–Kier alpha value is -3.55. The smallest absolute Gasteiger partial charge is 0.346 e. The van der Waals surface area contributed by atoms with Gasteiger partial charge in [-0.2, -0.15) is 4.98 Å². The van der Waals surface area contributed by atoms with E-state index in [0.29, 0.717) is 16.5 Å². The van der Waals surface area contributed by atoms with Gasteiger partial charge in [-0.1, -0.05) is 30.3 Å². The van der Waals surface area contributed by atoms with Crippen LogP contribution in [0.3, 0.4) is 0 Å². The summed E-state index contributed by atoms with van der Waals surface area (Å²) in [5.41, 5.74) is 0.144. The minimum absolute atomic E-state index is 0.0366. The number of nitrogens with one attached hydrogen (secondary N) is 2. The quantitative estimate of drug-likeness (QED) is 0.716. The fourth-order valence-corrected chi connectivity index (χ4v) is 3.30. The molecular formula is C19H15FN4O3. The van der Waals surface area contributed by atoms with E-state index in [-0.39, 0.29) is 18.8 Å². The highest BCUT2D eigenvalue weighted by atomic mass is 19.1. The molecule has 136 valence electrons. The Morgan fingerprint density at radius 3 is 2.78 bits per heavy atom. The average molecular weight is 366 g/mol. The first-order valence-corrected chi connectivity index (χ1v) is 8.38. The number of halogens is 1. The minimum Gasteiger partial charge on any atom is -0.352 e. The molecular weight excluding hydrogens is 351 g/mol. The van der Waals surface area contributed by atoms with Gasteiger partial charge in [0.05, 0.1) is 5.52 Å². The summed E-state index contributed by atoms with van der Waals surface area (Å²) in [6.07, 6.45) is 0. The molecule has 1 saturated heterocycles. The number of nitrogens with zero attached hydrogens (tertiary/aromatic N) is 2. The van der Waals surface area contributed by atoms with Crippen molar-refractivity contribution in [2.24, 2.45) is 0 Å². The predicted octanol–water partition coefficient (Wildman–Crippen LogP) is 1.38. The van der Waals surface area contributed by atoms with Crippen molar-refractivity contribution in [1.82, 2.24) is 20.2 Å². The highest BCUT2D eigenvalue weighted by Gasteiger charge is 2.36. The fraction of sp³-hybridized carbons (Fsp3) is 0.158. The molecule has 0 unspecified atom stereocenters. The largest absolute Gasteiger partial charge is 0.352 e. The molecule has 1 fully saturated rings. The van der Waals surface area contributed by atoms with E-state index < -0.39 is 29.4 Å². The van der Waals surface area contributed by atoms with Crippen molar-refractivity contribution in [3.8, 4) is 0 Å². The number of aromatic amines is 1. The molecule has 1 aliphatic heterocycles. The van der Waals surface area contributed by atoms with E-state index in [1.807, 2.05) is 0 Å². The topological polar surface area (TPSA) is 95.2 Å². The first-order chi connectivity index (χ1) is 13.0. The number of piperazine rings is 1. The molecule has 4 rings (SSSR count). The van der Waals surface area contributed by atoms with E-state index in [9.17, 15) is 18.8 Å². The van der Waals surface area contributed by atoms with E-state index in [0.717, 1.165) is 0 Å². The molecule has 1 aliphatic rings. The lowest BCUT2D eigenvalue weighted by atomic mass is 10.0. The zero-order chi connectivity index (χ0) is 19.0. The van der Waals surface area contributed by atoms with E-state index in [1.165, 1.54) is 23.1 Å². The van der Waals surface area contributed by atoms with Gasteiger partial charge in [-0.05, 0) is 23.8 Å². The lowest BCUT2D eigenvalue weighted by molar-refractivity contribution is -0.128. The Labute approximate surface area is 152 Å². The van der Waals surface area contributed by atoms with Crippen molar-refractivity contribution in [1.29, 1.82) is 0 Å². The molecule has 2 heterocycles. The number of aromatic nitrogens is 2. The number of rotatable bonds is 2. The first-order valence-electron chi connectivity index (χ1n) is 8.38. The molecule has 2 amide bonds. The van der Waals surface area contributed by atoms with Crippen LogP contribution in [0.1, 0.15) is 22.1 Å². The molecule has 0 bridgehead atoms. The third kappa shape index (κ3) is 3.05. The van der Waals surface area contributed by atoms with Gasteiger partial charge in [-0.25, -0.2) is 9.18 Å². The highest BCUT2D eigenvalue weighted by molar-refractivity contribution is 6.05. The van der Waals surface area contributed by atoms with Gasteiger partial charge >= 0.3 is 5.69 Å². The summed E-state index contributed by atoms with van der Waals surface area (Å²) < 4.78 is 13.7. The zero-order valence-electron chi connectivity index (χ0n) is 14.1. The van der Waals surface area contributed by atoms with Gasteiger partial charge in [0.2, 0.25) is 5.91 Å². The van der Waals surface area contributed by atoms with Gasteiger partial charge in [0, 0.05) is 18.5 Å². The normalized spacial score (nSPS) is 17.0. The molecule has 8 heteroatoms. The second-order valence-corrected chi connectivity index (χ2v) is 6.18. The summed E-state index contributed by atoms with van der Waals surface area (Å²) in [7, 11) is 0. The van der Waals surface area contributed by atoms with Crippen LogP contribution in [-0.4, -0.2) is 39.8 Å². The molecule has 1 aromatic heterocycles. The molecule has 3 aromatic rings. The Balaban J connectivity index is 1.82. The number of hydrogen-bond acceptors (Lipinski definition) is 4. The third-order valence-electron chi connectivity index (χ3n) is 4.48. The summed E-state index contributed by atoms with van der Waals surface area (Å²) in [5.74, 6) is -1.46. The second kappa shape index (κ2) is 6.64. The van der Waals surface area contributed by atoms with Crippen molar-refractivity contribution >= 4 is 22.7 Å². The predicted molar refractivity (Wildman–Crippen MR) is 95.6 cm³/mol. The number of para-hydroxylation sites is 1. The van der Waals surface area contributed by atoms with Crippen molar-refractivity contribution in [3.63, 3.8) is 0 Å². The van der Waals surface area contributed by atoms with Gasteiger partial charge in [-0.15, -0.1) is 0 Å². The van der Waals surface area contributed by atoms with Crippen LogP contribution in [0, 0.1) is 5.82 Å². The number of amides is 2. The van der Waals surface area contributed by atoms with Gasteiger partial charge in [0.15, 0.2) is 0 Å². The lowest BCUT2D eigenvalue weighted by Crippen LogP contribution is -2.52. The molecule has 7 nitrogen and oxygen atoms in total. The van der Waals surface area contributed by atoms with Gasteiger partial charge < -0.3 is 15.2 Å². The maximum atomic E-state index is 13.7. The summed E-state index contributed by atoms with van der Waals surface area (Å²) in [6.45, 7) is 0.478. The zero-order valence-corrected chi connectivity index (χ0v) is 14.1. The number of carbonyl (C=O) groups excluding carboxylic acids is 2. The van der Waals surface area contributed by atoms with Crippen molar-refractivity contribution in [2.45, 2.75) is 6.04 Å². The fourth-order valence-electron chi connectivity index (χ4n) is 3.30. The molecule has 2 N–H and O–H groups in total. The van der Waals surface area contributed by atoms with Crippen LogP contribution >= 0.6 is 0 Å². The number of hydrogen-bond donors (Lipinski definition) is 2. The van der Waals surface area contributed by atoms with E-state index >= 15 is 0 Å². The first kappa shape index (κ1) is 16.9. The molecule has 27 heavy (non-hydrogen) atoms. The van der Waals surface area contributed by atoms with E-state index in [1.54, 1.807) is 30.3 Å². The van der Waals surface area contributed by atoms with Crippen molar-refractivity contribution in [2.75, 3.05) is 13.1 Å². The van der Waals surface area contributed by atoms with Crippen molar-refractivity contribution < 1.29 is 14.0 Å². The Kier molecular flexibility index (Phi) is 4.15. The lowest BCUT2D eigenvalue weighted by Gasteiger charge is -2.35. The van der Waals surface area contributed by atoms with Crippen LogP contribution < -0.4 is 11.0 Å². The molecule has 1 atom stereocenters. The summed E-state index contributed by atoms with van der Waals surface area (Å²) in [5, 5.41) is 3.17. The molecule has 2 aromatic carbocycles. The third-order valence-corrected chi connectivity index (χ3v) is 4.48. The van der Waals surface area contributed by atoms with Gasteiger partial charge in [0.25, 0.3) is 5.91 Å². The number of fused-ring (bicyclic) bond motifs is 1. The summed E-state index contributed by atoms with van der Waals surface area (Å²) in [6, 6.07) is 11.4. The SMILES string of the molecule is O=C1NCCN(C(=O)c2nc(=O)[nH]c3ccccc23)[C@H]1c1cccc(F)c1. The monoisotopic (exact) mass is 366 g/mol. The van der Waals surface area contributed by atoms with Crippen LogP contribution in [0.4, 0.5) is 4.39 Å². The van der Waals surface area contributed by atoms with Crippen LogP contribution in [0.2, 0.25) is 0 Å². The van der Waals surface area contributed by atoms with E-state index in [4.69, 9.17) is 0 Å². The average Bonchev–Trinajstić information content (AvgIpc) is 2.66. The molecule has 0 spiro atoms. The van der Waals surface area contributed by atoms with Crippen LogP contribution in [0.25, 0.3) is 10.9 Å². The van der Waals surface area contributed by atoms with E-state index in [2.05, 4.69) is 15.3 Å². The minimum atomic E-state index is -0.998. The van der Waals surface area contributed by atoms with Crippen LogP contribution in [0.5, 0.6) is 0 Å². The maximum Gasteiger partial charge on any atom is 0.346 e. The summed E-state index contributed by atoms with van der Waals surface area (Å²) in [4.78, 5) is 45.3. The van der Waals surface area contributed by atoms with Gasteiger partial charge in [-0.3, -0.25) is 9.59 Å². The molecule has 0 aliphatic carbocycles. The molecule has 0 radical (unpaired) electrons. The number of benzene rings is 2. The Bertz CT molecular complexity index is 1110. The molecule has 0 saturated carbocycles. The second-order valence-electron chi connectivity index (χ2n) is 6.18. The Morgan fingerprint density at radius 1 is 1.15 bits per heavy atom. The van der Waals surface area contributed by atoms with Gasteiger partial charge in [0.1, 0.15) is 17.6 Å². The maximum absolute atomic E-state index is 13.7. The highest BCUT2D eigenvalue weighted by Crippen LogP contribution is 2.26. The van der Waals surface area contributed by atoms with Crippen LogP contribution in [0.15, 0.2) is 53.3 Å².